The Hall–Kier alpha value is -1.88. The van der Waals surface area contributed by atoms with Gasteiger partial charge in [0, 0.05) is 50.9 Å². The molecule has 3 N–H and O–H groups in total. The van der Waals surface area contributed by atoms with Gasteiger partial charge in [-0.3, -0.25) is 4.90 Å². The first-order valence-corrected chi connectivity index (χ1v) is 11.0. The highest BCUT2D eigenvalue weighted by atomic mass is 16.3. The van der Waals surface area contributed by atoms with Crippen LogP contribution in [0, 0.1) is 0 Å². The molecule has 0 spiro atoms. The molecule has 1 aliphatic heterocycles. The fourth-order valence-corrected chi connectivity index (χ4v) is 4.32. The van der Waals surface area contributed by atoms with E-state index in [1.54, 1.807) is 0 Å². The molecule has 1 aromatic carbocycles. The van der Waals surface area contributed by atoms with Gasteiger partial charge < -0.3 is 15.7 Å². The standard InChI is InChI=1S/C23H33N3O.C2H6/c1-4-17(3)21-15-22(23(27)14-19(21)5-2)26-11-9-25(10-12-26)20-8-6-7-18(13-20)16-24;1-2/h4-8,13,22-23,27H,2,9-12,14-16,24H2,1,3H3;1-2H3/b17-4-;. The molecular formula is C25H39N3O. The Morgan fingerprint density at radius 3 is 2.48 bits per heavy atom. The number of piperazine rings is 1. The van der Waals surface area contributed by atoms with Crippen LogP contribution in [0.15, 0.2) is 59.7 Å². The van der Waals surface area contributed by atoms with Gasteiger partial charge >= 0.3 is 0 Å². The minimum absolute atomic E-state index is 0.191. The molecule has 0 amide bonds. The van der Waals surface area contributed by atoms with Crippen LogP contribution in [0.2, 0.25) is 0 Å². The van der Waals surface area contributed by atoms with Crippen LogP contribution < -0.4 is 10.6 Å². The van der Waals surface area contributed by atoms with Crippen molar-refractivity contribution in [2.24, 2.45) is 5.73 Å². The first kappa shape index (κ1) is 23.4. The summed E-state index contributed by atoms with van der Waals surface area (Å²) in [6.45, 7) is 16.7. The summed E-state index contributed by atoms with van der Waals surface area (Å²) in [6.07, 6.45) is 5.37. The van der Waals surface area contributed by atoms with Crippen molar-refractivity contribution in [1.82, 2.24) is 4.90 Å². The molecule has 2 atom stereocenters. The average molecular weight is 398 g/mol. The van der Waals surface area contributed by atoms with E-state index in [1.165, 1.54) is 28.0 Å². The molecule has 2 aliphatic rings. The molecule has 1 aromatic rings. The maximum atomic E-state index is 10.8. The van der Waals surface area contributed by atoms with Crippen LogP contribution in [0.5, 0.6) is 0 Å². The number of hydrogen-bond acceptors (Lipinski definition) is 4. The summed E-state index contributed by atoms with van der Waals surface area (Å²) in [5.41, 5.74) is 12.1. The molecule has 0 saturated carbocycles. The molecule has 1 aliphatic carbocycles. The summed E-state index contributed by atoms with van der Waals surface area (Å²) < 4.78 is 0. The van der Waals surface area contributed by atoms with E-state index in [0.29, 0.717) is 13.0 Å². The normalized spacial score (nSPS) is 23.5. The van der Waals surface area contributed by atoms with Crippen molar-refractivity contribution in [3.8, 4) is 0 Å². The highest BCUT2D eigenvalue weighted by Gasteiger charge is 2.34. The summed E-state index contributed by atoms with van der Waals surface area (Å²) in [5, 5.41) is 10.8. The van der Waals surface area contributed by atoms with Crippen LogP contribution >= 0.6 is 0 Å². The smallest absolute Gasteiger partial charge is 0.0739 e. The molecule has 1 fully saturated rings. The van der Waals surface area contributed by atoms with Gasteiger partial charge in [0.25, 0.3) is 0 Å². The van der Waals surface area contributed by atoms with E-state index in [-0.39, 0.29) is 12.1 Å². The van der Waals surface area contributed by atoms with Crippen molar-refractivity contribution in [2.75, 3.05) is 31.1 Å². The minimum atomic E-state index is -0.321. The Labute approximate surface area is 177 Å². The van der Waals surface area contributed by atoms with Crippen LogP contribution in [-0.2, 0) is 6.54 Å². The van der Waals surface area contributed by atoms with Crippen molar-refractivity contribution in [1.29, 1.82) is 0 Å². The van der Waals surface area contributed by atoms with Crippen molar-refractivity contribution in [3.05, 3.63) is 65.3 Å². The van der Waals surface area contributed by atoms with Gasteiger partial charge in [0.1, 0.15) is 0 Å². The van der Waals surface area contributed by atoms with E-state index in [4.69, 9.17) is 5.73 Å². The predicted molar refractivity (Wildman–Crippen MR) is 125 cm³/mol. The van der Waals surface area contributed by atoms with Gasteiger partial charge in [-0.1, -0.05) is 50.3 Å². The maximum Gasteiger partial charge on any atom is 0.0739 e. The Balaban J connectivity index is 0.00000145. The van der Waals surface area contributed by atoms with E-state index in [9.17, 15) is 5.11 Å². The predicted octanol–water partition coefficient (Wildman–Crippen LogP) is 4.27. The molecule has 29 heavy (non-hydrogen) atoms. The number of aliphatic hydroxyl groups is 1. The monoisotopic (exact) mass is 397 g/mol. The van der Waals surface area contributed by atoms with E-state index >= 15 is 0 Å². The maximum absolute atomic E-state index is 10.8. The zero-order valence-corrected chi connectivity index (χ0v) is 18.7. The number of aliphatic hydroxyl groups excluding tert-OH is 1. The topological polar surface area (TPSA) is 52.7 Å². The number of allylic oxidation sites excluding steroid dienone is 3. The van der Waals surface area contributed by atoms with Gasteiger partial charge in [0.2, 0.25) is 0 Å². The second kappa shape index (κ2) is 11.3. The van der Waals surface area contributed by atoms with Crippen LogP contribution in [0.1, 0.15) is 46.1 Å². The van der Waals surface area contributed by atoms with Crippen LogP contribution in [-0.4, -0.2) is 48.3 Å². The van der Waals surface area contributed by atoms with Gasteiger partial charge in [-0.15, -0.1) is 0 Å². The zero-order chi connectivity index (χ0) is 21.4. The molecule has 160 valence electrons. The Kier molecular flexibility index (Phi) is 9.15. The lowest BCUT2D eigenvalue weighted by atomic mass is 9.82. The van der Waals surface area contributed by atoms with Crippen molar-refractivity contribution in [3.63, 3.8) is 0 Å². The molecule has 0 bridgehead atoms. The molecule has 3 rings (SSSR count). The van der Waals surface area contributed by atoms with Crippen LogP contribution in [0.25, 0.3) is 0 Å². The molecule has 0 radical (unpaired) electrons. The fourth-order valence-electron chi connectivity index (χ4n) is 4.32. The van der Waals surface area contributed by atoms with Gasteiger partial charge in [-0.2, -0.15) is 0 Å². The van der Waals surface area contributed by atoms with Gasteiger partial charge in [0.05, 0.1) is 6.10 Å². The molecule has 4 nitrogen and oxygen atoms in total. The first-order chi connectivity index (χ1) is 14.1. The Morgan fingerprint density at radius 1 is 1.21 bits per heavy atom. The summed E-state index contributed by atoms with van der Waals surface area (Å²) in [6, 6.07) is 8.71. The number of nitrogens with two attached hydrogens (primary N) is 1. The van der Waals surface area contributed by atoms with Gasteiger partial charge in [-0.25, -0.2) is 0 Å². The molecule has 4 heteroatoms. The second-order valence-electron chi connectivity index (χ2n) is 7.62. The number of anilines is 1. The average Bonchev–Trinajstić information content (AvgIpc) is 2.79. The fraction of sp³-hybridized carbons (Fsp3) is 0.520. The van der Waals surface area contributed by atoms with Gasteiger partial charge in [0.15, 0.2) is 0 Å². The highest BCUT2D eigenvalue weighted by molar-refractivity contribution is 5.49. The molecule has 2 unspecified atom stereocenters. The molecule has 1 saturated heterocycles. The lowest BCUT2D eigenvalue weighted by Crippen LogP contribution is -2.54. The molecular weight excluding hydrogens is 358 g/mol. The first-order valence-electron chi connectivity index (χ1n) is 11.0. The van der Waals surface area contributed by atoms with Crippen molar-refractivity contribution in [2.45, 2.75) is 59.2 Å². The summed E-state index contributed by atoms with van der Waals surface area (Å²) in [4.78, 5) is 4.89. The molecule has 1 heterocycles. The largest absolute Gasteiger partial charge is 0.391 e. The van der Waals surface area contributed by atoms with E-state index < -0.39 is 0 Å². The highest BCUT2D eigenvalue weighted by Crippen LogP contribution is 2.34. The number of nitrogens with zero attached hydrogens (tertiary/aromatic N) is 2. The summed E-state index contributed by atoms with van der Waals surface area (Å²) in [5.74, 6) is 0. The third-order valence-electron chi connectivity index (χ3n) is 6.12. The number of benzene rings is 1. The Morgan fingerprint density at radius 2 is 1.90 bits per heavy atom. The van der Waals surface area contributed by atoms with E-state index in [0.717, 1.165) is 32.6 Å². The SMILES string of the molecule is C=CC1=C(/C(C)=C\C)CC(N2CCN(c3cccc(CN)c3)CC2)C(O)C1.CC. The zero-order valence-electron chi connectivity index (χ0n) is 18.7. The number of rotatable bonds is 5. The van der Waals surface area contributed by atoms with Crippen molar-refractivity contribution >= 4 is 5.69 Å². The number of hydrogen-bond donors (Lipinski definition) is 2. The van der Waals surface area contributed by atoms with Crippen molar-refractivity contribution < 1.29 is 5.11 Å². The van der Waals surface area contributed by atoms with Crippen LogP contribution in [0.4, 0.5) is 5.69 Å². The lowest BCUT2D eigenvalue weighted by molar-refractivity contribution is 0.0408. The summed E-state index contributed by atoms with van der Waals surface area (Å²) in [7, 11) is 0. The van der Waals surface area contributed by atoms with E-state index in [1.807, 2.05) is 19.9 Å². The second-order valence-corrected chi connectivity index (χ2v) is 7.62. The third-order valence-corrected chi connectivity index (χ3v) is 6.12. The van der Waals surface area contributed by atoms with E-state index in [2.05, 4.69) is 60.6 Å². The minimum Gasteiger partial charge on any atom is -0.391 e. The van der Waals surface area contributed by atoms with Gasteiger partial charge in [-0.05, 0) is 49.1 Å². The Bertz CT molecular complexity index is 729. The lowest BCUT2D eigenvalue weighted by Gasteiger charge is -2.44. The van der Waals surface area contributed by atoms with Crippen LogP contribution in [0.3, 0.4) is 0 Å². The quantitative estimate of drug-likeness (QED) is 0.779. The summed E-state index contributed by atoms with van der Waals surface area (Å²) >= 11 is 0. The molecule has 0 aromatic heterocycles. The third kappa shape index (κ3) is 5.59.